The standard InChI is InChI=1S/C24H32O2/c1-4-5-7-21(17-23-10-9-19(2)20(3)16-23)8-6-15-26-24-13-11-22(18-25)12-14-24/h9-14,16,18,21H,4-8,15,17H2,1-3H3. The fourth-order valence-corrected chi connectivity index (χ4v) is 3.31. The molecule has 1 unspecified atom stereocenters. The highest BCUT2D eigenvalue weighted by molar-refractivity contribution is 5.74. The quantitative estimate of drug-likeness (QED) is 0.349. The number of ether oxygens (including phenoxy) is 1. The average molecular weight is 353 g/mol. The van der Waals surface area contributed by atoms with Gasteiger partial charge in [-0.25, -0.2) is 0 Å². The molecule has 2 rings (SSSR count). The number of rotatable bonds is 11. The van der Waals surface area contributed by atoms with Gasteiger partial charge in [-0.2, -0.15) is 0 Å². The summed E-state index contributed by atoms with van der Waals surface area (Å²) >= 11 is 0. The Bertz CT molecular complexity index is 673. The van der Waals surface area contributed by atoms with Crippen molar-refractivity contribution in [1.29, 1.82) is 0 Å². The molecule has 0 N–H and O–H groups in total. The Morgan fingerprint density at radius 1 is 0.962 bits per heavy atom. The van der Waals surface area contributed by atoms with Gasteiger partial charge in [-0.1, -0.05) is 44.4 Å². The van der Waals surface area contributed by atoms with Crippen LogP contribution in [0.4, 0.5) is 0 Å². The van der Waals surface area contributed by atoms with E-state index in [1.807, 2.05) is 12.1 Å². The number of hydrogen-bond donors (Lipinski definition) is 0. The summed E-state index contributed by atoms with van der Waals surface area (Å²) in [6.45, 7) is 7.37. The molecule has 0 saturated heterocycles. The van der Waals surface area contributed by atoms with Crippen LogP contribution in [-0.2, 0) is 6.42 Å². The van der Waals surface area contributed by atoms with Crippen molar-refractivity contribution < 1.29 is 9.53 Å². The topological polar surface area (TPSA) is 26.3 Å². The Morgan fingerprint density at radius 3 is 2.35 bits per heavy atom. The summed E-state index contributed by atoms with van der Waals surface area (Å²) in [6, 6.07) is 14.2. The van der Waals surface area contributed by atoms with Crippen molar-refractivity contribution in [3.8, 4) is 5.75 Å². The van der Waals surface area contributed by atoms with E-state index in [0.29, 0.717) is 5.56 Å². The van der Waals surface area contributed by atoms with Crippen molar-refractivity contribution in [2.24, 2.45) is 5.92 Å². The van der Waals surface area contributed by atoms with Crippen LogP contribution < -0.4 is 4.74 Å². The largest absolute Gasteiger partial charge is 0.494 e. The minimum atomic E-state index is 0.686. The van der Waals surface area contributed by atoms with Crippen LogP contribution in [-0.4, -0.2) is 12.9 Å². The Hall–Kier alpha value is -2.09. The molecule has 0 aromatic heterocycles. The Morgan fingerprint density at radius 2 is 1.69 bits per heavy atom. The molecule has 2 heteroatoms. The van der Waals surface area contributed by atoms with E-state index < -0.39 is 0 Å². The van der Waals surface area contributed by atoms with Gasteiger partial charge in [0.1, 0.15) is 12.0 Å². The number of aldehydes is 1. The summed E-state index contributed by atoms with van der Waals surface area (Å²) in [7, 11) is 0. The summed E-state index contributed by atoms with van der Waals surface area (Å²) < 4.78 is 5.83. The highest BCUT2D eigenvalue weighted by Crippen LogP contribution is 2.22. The summed E-state index contributed by atoms with van der Waals surface area (Å²) in [5.74, 6) is 1.56. The van der Waals surface area contributed by atoms with Gasteiger partial charge in [0.15, 0.2) is 0 Å². The fraction of sp³-hybridized carbons (Fsp3) is 0.458. The first kappa shape index (κ1) is 20.2. The van der Waals surface area contributed by atoms with Gasteiger partial charge in [0.2, 0.25) is 0 Å². The van der Waals surface area contributed by atoms with E-state index in [-0.39, 0.29) is 0 Å². The minimum absolute atomic E-state index is 0.686. The molecule has 0 spiro atoms. The molecular formula is C24H32O2. The number of unbranched alkanes of at least 4 members (excludes halogenated alkanes) is 1. The van der Waals surface area contributed by atoms with Crippen molar-refractivity contribution >= 4 is 6.29 Å². The smallest absolute Gasteiger partial charge is 0.150 e. The monoisotopic (exact) mass is 352 g/mol. The van der Waals surface area contributed by atoms with Crippen LogP contribution in [0.5, 0.6) is 5.75 Å². The maximum absolute atomic E-state index is 10.7. The zero-order valence-corrected chi connectivity index (χ0v) is 16.5. The first-order valence-electron chi connectivity index (χ1n) is 9.86. The van der Waals surface area contributed by atoms with Crippen LogP contribution in [0, 0.1) is 19.8 Å². The van der Waals surface area contributed by atoms with Crippen molar-refractivity contribution in [3.63, 3.8) is 0 Å². The SMILES string of the molecule is CCCCC(CCCOc1ccc(C=O)cc1)Cc1ccc(C)c(C)c1. The summed E-state index contributed by atoms with van der Waals surface area (Å²) in [6.07, 6.45) is 8.11. The van der Waals surface area contributed by atoms with Crippen LogP contribution >= 0.6 is 0 Å². The van der Waals surface area contributed by atoms with Gasteiger partial charge < -0.3 is 4.74 Å². The Balaban J connectivity index is 1.82. The van der Waals surface area contributed by atoms with E-state index in [2.05, 4.69) is 39.0 Å². The molecule has 2 aromatic carbocycles. The van der Waals surface area contributed by atoms with Crippen LogP contribution in [0.3, 0.4) is 0 Å². The van der Waals surface area contributed by atoms with Crippen LogP contribution in [0.15, 0.2) is 42.5 Å². The van der Waals surface area contributed by atoms with Crippen LogP contribution in [0.1, 0.15) is 66.1 Å². The number of carbonyl (C=O) groups excluding carboxylic acids is 1. The first-order chi connectivity index (χ1) is 12.6. The third-order valence-electron chi connectivity index (χ3n) is 5.10. The summed E-state index contributed by atoms with van der Waals surface area (Å²) in [4.78, 5) is 10.7. The van der Waals surface area contributed by atoms with Crippen molar-refractivity contribution in [3.05, 3.63) is 64.7 Å². The second kappa shape index (κ2) is 10.8. The predicted octanol–water partition coefficient (Wildman–Crippen LogP) is 6.32. The van der Waals surface area contributed by atoms with Gasteiger partial charge in [-0.15, -0.1) is 0 Å². The van der Waals surface area contributed by atoms with Gasteiger partial charge in [0.05, 0.1) is 6.61 Å². The molecule has 0 aliphatic carbocycles. The third kappa shape index (κ3) is 6.67. The minimum Gasteiger partial charge on any atom is -0.494 e. The zero-order chi connectivity index (χ0) is 18.8. The summed E-state index contributed by atoms with van der Waals surface area (Å²) in [5.41, 5.74) is 4.90. The summed E-state index contributed by atoms with van der Waals surface area (Å²) in [5, 5.41) is 0. The van der Waals surface area contributed by atoms with Gasteiger partial charge in [-0.05, 0) is 80.0 Å². The lowest BCUT2D eigenvalue weighted by Crippen LogP contribution is -2.08. The second-order valence-electron chi connectivity index (χ2n) is 7.31. The van der Waals surface area contributed by atoms with Gasteiger partial charge in [0.25, 0.3) is 0 Å². The lowest BCUT2D eigenvalue weighted by atomic mass is 9.89. The van der Waals surface area contributed by atoms with Gasteiger partial charge in [-0.3, -0.25) is 4.79 Å². The van der Waals surface area contributed by atoms with E-state index in [1.165, 1.54) is 42.4 Å². The Labute approximate surface area is 158 Å². The lowest BCUT2D eigenvalue weighted by molar-refractivity contribution is 0.112. The first-order valence-corrected chi connectivity index (χ1v) is 9.86. The predicted molar refractivity (Wildman–Crippen MR) is 109 cm³/mol. The lowest BCUT2D eigenvalue weighted by Gasteiger charge is -2.18. The van der Waals surface area contributed by atoms with Crippen molar-refractivity contribution in [2.75, 3.05) is 6.61 Å². The molecule has 0 fully saturated rings. The van der Waals surface area contributed by atoms with E-state index in [4.69, 9.17) is 4.74 Å². The molecule has 0 saturated carbocycles. The van der Waals surface area contributed by atoms with E-state index in [9.17, 15) is 4.79 Å². The molecular weight excluding hydrogens is 320 g/mol. The number of carbonyl (C=O) groups is 1. The highest BCUT2D eigenvalue weighted by atomic mass is 16.5. The molecule has 0 amide bonds. The van der Waals surface area contributed by atoms with E-state index in [1.54, 1.807) is 12.1 Å². The second-order valence-corrected chi connectivity index (χ2v) is 7.31. The highest BCUT2D eigenvalue weighted by Gasteiger charge is 2.10. The van der Waals surface area contributed by atoms with E-state index in [0.717, 1.165) is 37.4 Å². The molecule has 26 heavy (non-hydrogen) atoms. The number of hydrogen-bond acceptors (Lipinski definition) is 2. The molecule has 2 aromatic rings. The van der Waals surface area contributed by atoms with Gasteiger partial charge >= 0.3 is 0 Å². The molecule has 2 nitrogen and oxygen atoms in total. The third-order valence-corrected chi connectivity index (χ3v) is 5.10. The van der Waals surface area contributed by atoms with Crippen LogP contribution in [0.25, 0.3) is 0 Å². The van der Waals surface area contributed by atoms with Crippen molar-refractivity contribution in [2.45, 2.75) is 59.3 Å². The molecule has 0 heterocycles. The fourth-order valence-electron chi connectivity index (χ4n) is 3.31. The number of aryl methyl sites for hydroxylation is 2. The molecule has 0 bridgehead atoms. The van der Waals surface area contributed by atoms with E-state index >= 15 is 0 Å². The molecule has 1 atom stereocenters. The molecule has 0 aliphatic heterocycles. The maximum atomic E-state index is 10.7. The normalized spacial score (nSPS) is 12.0. The van der Waals surface area contributed by atoms with Crippen LogP contribution in [0.2, 0.25) is 0 Å². The molecule has 0 radical (unpaired) electrons. The van der Waals surface area contributed by atoms with Gasteiger partial charge in [0, 0.05) is 5.56 Å². The Kier molecular flexibility index (Phi) is 8.40. The average Bonchev–Trinajstić information content (AvgIpc) is 2.66. The van der Waals surface area contributed by atoms with Crippen molar-refractivity contribution in [1.82, 2.24) is 0 Å². The zero-order valence-electron chi connectivity index (χ0n) is 16.5. The maximum Gasteiger partial charge on any atom is 0.150 e. The number of benzene rings is 2. The molecule has 140 valence electrons. The molecule has 0 aliphatic rings.